The molecule has 3 aromatic rings. The number of hydrogen-bond acceptors (Lipinski definition) is 13. The molecule has 1 unspecified atom stereocenters. The number of β-lactam (4-membered cyclic amide) rings is 1. The third kappa shape index (κ3) is 8.11. The standard InChI is InChI=1S/C28H35N7O10S2/c1-16-12-21(34(33(16)4)11-5-10-29)17-6-8-18(9-7-17)43-14-23(26(38)39)44-32-24(20-15-46-27(30)31-20)22(36)13-19-25(37)35(28(19,2)3)45-47(40,41)42/h6-9,12,15,19,23H,5,10-11,13-14,29H2,1-4H3,(H3-,30,31,38,39,40,41,42)/p+1/b32-24-/t19-,23?/m1/s1. The Morgan fingerprint density at radius 1 is 1.26 bits per heavy atom. The van der Waals surface area contributed by atoms with Crippen molar-refractivity contribution < 1.29 is 51.0 Å². The summed E-state index contributed by atoms with van der Waals surface area (Å²) < 4.78 is 45.4. The number of amides is 1. The summed E-state index contributed by atoms with van der Waals surface area (Å²) in [4.78, 5) is 47.2. The van der Waals surface area contributed by atoms with Crippen LogP contribution in [-0.4, -0.2) is 81.0 Å². The number of thiazole rings is 1. The van der Waals surface area contributed by atoms with Gasteiger partial charge >= 0.3 is 16.4 Å². The van der Waals surface area contributed by atoms with Gasteiger partial charge in [0.25, 0.3) is 12.0 Å². The summed E-state index contributed by atoms with van der Waals surface area (Å²) in [6, 6.07) is 9.11. The number of carboxylic acid groups (broad SMARTS) is 1. The fraction of sp³-hybridized carbons (Fsp3) is 0.429. The number of benzene rings is 1. The van der Waals surface area contributed by atoms with Crippen LogP contribution in [0.1, 0.15) is 38.1 Å². The molecular formula is C28H36N7O10S2+. The van der Waals surface area contributed by atoms with E-state index in [0.717, 1.165) is 41.3 Å². The second-order valence-electron chi connectivity index (χ2n) is 11.2. The number of Topliss-reactive ketones (excluding diaryl/α,β-unsaturated/α-hetero) is 1. The molecule has 0 radical (unpaired) electrons. The van der Waals surface area contributed by atoms with Crippen LogP contribution in [0.2, 0.25) is 0 Å². The molecule has 6 N–H and O–H groups in total. The van der Waals surface area contributed by atoms with Crippen LogP contribution in [0.4, 0.5) is 5.13 Å². The number of oxime groups is 1. The first-order chi connectivity index (χ1) is 22.0. The lowest BCUT2D eigenvalue weighted by Gasteiger charge is -2.50. The van der Waals surface area contributed by atoms with Crippen molar-refractivity contribution in [3.8, 4) is 17.0 Å². The number of carbonyl (C=O) groups excluding carboxylic acids is 2. The van der Waals surface area contributed by atoms with Crippen LogP contribution in [0.5, 0.6) is 5.75 Å². The van der Waals surface area contributed by atoms with Gasteiger partial charge in [0.15, 0.2) is 23.2 Å². The van der Waals surface area contributed by atoms with Crippen LogP contribution < -0.4 is 20.9 Å². The summed E-state index contributed by atoms with van der Waals surface area (Å²) in [6.07, 6.45) is -1.34. The Kier molecular flexibility index (Phi) is 10.7. The Bertz CT molecular complexity index is 1780. The van der Waals surface area contributed by atoms with Crippen LogP contribution in [0, 0.1) is 12.8 Å². The molecule has 1 saturated heterocycles. The molecule has 0 aliphatic carbocycles. The molecule has 0 spiro atoms. The quantitative estimate of drug-likeness (QED) is 0.0535. The average molecular weight is 695 g/mol. The molecule has 0 saturated carbocycles. The van der Waals surface area contributed by atoms with Gasteiger partial charge in [-0.25, -0.2) is 9.78 Å². The summed E-state index contributed by atoms with van der Waals surface area (Å²) in [5, 5.41) is 15.5. The second kappa shape index (κ2) is 14.1. The van der Waals surface area contributed by atoms with E-state index in [0.29, 0.717) is 17.4 Å². The van der Waals surface area contributed by atoms with E-state index in [1.165, 1.54) is 19.2 Å². The van der Waals surface area contributed by atoms with Gasteiger partial charge in [0, 0.05) is 29.9 Å². The third-order valence-electron chi connectivity index (χ3n) is 7.63. The number of aryl methyl sites for hydroxylation is 1. The number of hydroxylamine groups is 2. The van der Waals surface area contributed by atoms with E-state index in [2.05, 4.69) is 25.2 Å². The Hall–Kier alpha value is -4.43. The Morgan fingerprint density at radius 3 is 2.49 bits per heavy atom. The molecule has 0 bridgehead atoms. The van der Waals surface area contributed by atoms with Crippen molar-refractivity contribution in [2.24, 2.45) is 23.9 Å². The molecule has 19 heteroatoms. The molecule has 2 aromatic heterocycles. The second-order valence-corrected chi connectivity index (χ2v) is 13.1. The van der Waals surface area contributed by atoms with Gasteiger partial charge in [0.1, 0.15) is 18.1 Å². The zero-order chi connectivity index (χ0) is 34.7. The summed E-state index contributed by atoms with van der Waals surface area (Å²) in [6.45, 7) is 5.67. The lowest BCUT2D eigenvalue weighted by Crippen LogP contribution is -2.68. The van der Waals surface area contributed by atoms with Gasteiger partial charge in [0.2, 0.25) is 5.69 Å². The lowest BCUT2D eigenvalue weighted by molar-refractivity contribution is -0.764. The molecule has 1 amide bonds. The first kappa shape index (κ1) is 35.4. The van der Waals surface area contributed by atoms with Gasteiger partial charge < -0.3 is 26.1 Å². The lowest BCUT2D eigenvalue weighted by atomic mass is 9.74. The topological polar surface area (TPSA) is 243 Å². The molecule has 2 atom stereocenters. The van der Waals surface area contributed by atoms with E-state index >= 15 is 0 Å². The summed E-state index contributed by atoms with van der Waals surface area (Å²) >= 11 is 0.989. The number of nitrogens with zero attached hydrogens (tertiary/aromatic N) is 5. The van der Waals surface area contributed by atoms with Crippen molar-refractivity contribution in [1.29, 1.82) is 0 Å². The zero-order valence-electron chi connectivity index (χ0n) is 26.0. The van der Waals surface area contributed by atoms with E-state index in [1.54, 1.807) is 12.1 Å². The summed E-state index contributed by atoms with van der Waals surface area (Å²) in [5.41, 5.74) is 12.6. The largest absolute Gasteiger partial charge is 0.489 e. The molecule has 1 aromatic carbocycles. The monoisotopic (exact) mass is 694 g/mol. The fourth-order valence-electron chi connectivity index (χ4n) is 4.90. The highest BCUT2D eigenvalue weighted by atomic mass is 32.3. The predicted molar refractivity (Wildman–Crippen MR) is 167 cm³/mol. The van der Waals surface area contributed by atoms with E-state index < -0.39 is 64.4 Å². The number of aliphatic carboxylic acids is 1. The Labute approximate surface area is 274 Å². The third-order valence-corrected chi connectivity index (χ3v) is 8.64. The normalized spacial score (nSPS) is 16.9. The fourth-order valence-corrected chi connectivity index (χ4v) is 5.91. The molecule has 47 heavy (non-hydrogen) atoms. The molecule has 254 valence electrons. The van der Waals surface area contributed by atoms with Gasteiger partial charge in [0.05, 0.1) is 24.2 Å². The van der Waals surface area contributed by atoms with Gasteiger partial charge in [-0.1, -0.05) is 5.16 Å². The maximum Gasteiger partial charge on any atom is 0.418 e. The van der Waals surface area contributed by atoms with Crippen molar-refractivity contribution in [1.82, 2.24) is 14.7 Å². The van der Waals surface area contributed by atoms with Crippen molar-refractivity contribution in [3.63, 3.8) is 0 Å². The summed E-state index contributed by atoms with van der Waals surface area (Å²) in [7, 11) is -3.02. The van der Waals surface area contributed by atoms with Crippen LogP contribution >= 0.6 is 11.3 Å². The van der Waals surface area contributed by atoms with E-state index in [4.69, 9.17) is 25.6 Å². The van der Waals surface area contributed by atoms with Crippen LogP contribution in [0.3, 0.4) is 0 Å². The minimum absolute atomic E-state index is 0.0198. The van der Waals surface area contributed by atoms with Gasteiger partial charge in [-0.3, -0.25) is 14.1 Å². The number of rotatable bonds is 16. The van der Waals surface area contributed by atoms with E-state index in [-0.39, 0.29) is 10.8 Å². The van der Waals surface area contributed by atoms with Gasteiger partial charge in [-0.05, 0) is 51.6 Å². The SMILES string of the molecule is Cc1cc(-c2ccc(OCC(O/N=C(\C(=O)C[C@@H]3C(=O)N(OS(=O)(=O)O)C3(C)C)c3csc(N)n3)C(=O)O)cc2)[n+](CCCN)n1C. The minimum Gasteiger partial charge on any atom is -0.489 e. The predicted octanol–water partition coefficient (Wildman–Crippen LogP) is 0.859. The number of nitrogens with two attached hydrogens (primary N) is 2. The minimum atomic E-state index is -4.99. The van der Waals surface area contributed by atoms with Crippen molar-refractivity contribution in [2.75, 3.05) is 18.9 Å². The molecular weight excluding hydrogens is 658 g/mol. The number of ketones is 1. The molecule has 4 rings (SSSR count). The number of aromatic nitrogens is 3. The van der Waals surface area contributed by atoms with Crippen molar-refractivity contribution in [3.05, 3.63) is 47.1 Å². The maximum absolute atomic E-state index is 13.3. The number of ether oxygens (including phenoxy) is 1. The van der Waals surface area contributed by atoms with E-state index in [9.17, 15) is 27.9 Å². The maximum atomic E-state index is 13.3. The Morgan fingerprint density at radius 2 is 1.94 bits per heavy atom. The molecule has 1 aliphatic heterocycles. The van der Waals surface area contributed by atoms with Crippen LogP contribution in [0.15, 0.2) is 40.9 Å². The smallest absolute Gasteiger partial charge is 0.418 e. The highest BCUT2D eigenvalue weighted by Gasteiger charge is 2.57. The van der Waals surface area contributed by atoms with Gasteiger partial charge in [-0.2, -0.15) is 18.2 Å². The molecule has 1 fully saturated rings. The number of hydrogen-bond donors (Lipinski definition) is 4. The zero-order valence-corrected chi connectivity index (χ0v) is 27.7. The first-order valence-electron chi connectivity index (χ1n) is 14.3. The van der Waals surface area contributed by atoms with Crippen LogP contribution in [0.25, 0.3) is 11.3 Å². The summed E-state index contributed by atoms with van der Waals surface area (Å²) in [5.74, 6) is -3.79. The van der Waals surface area contributed by atoms with E-state index in [1.807, 2.05) is 30.8 Å². The molecule has 17 nitrogen and oxygen atoms in total. The Balaban J connectivity index is 1.47. The van der Waals surface area contributed by atoms with Crippen molar-refractivity contribution in [2.45, 2.75) is 51.8 Å². The molecule has 1 aliphatic rings. The van der Waals surface area contributed by atoms with Crippen LogP contribution in [-0.2, 0) is 47.5 Å². The highest BCUT2D eigenvalue weighted by molar-refractivity contribution is 7.80. The number of carboxylic acids is 1. The number of carbonyl (C=O) groups is 3. The average Bonchev–Trinajstić information content (AvgIpc) is 3.56. The first-order valence-corrected chi connectivity index (χ1v) is 16.5. The highest BCUT2D eigenvalue weighted by Crippen LogP contribution is 2.40. The van der Waals surface area contributed by atoms with Crippen molar-refractivity contribution >= 4 is 50.2 Å². The number of anilines is 1. The molecule has 3 heterocycles. The van der Waals surface area contributed by atoms with Gasteiger partial charge in [-0.15, -0.1) is 20.3 Å². The number of nitrogen functional groups attached to an aromatic ring is 1.